The van der Waals surface area contributed by atoms with Crippen LogP contribution < -0.4 is 15.4 Å². The molecule has 2 amide bonds. The molecule has 0 fully saturated rings. The van der Waals surface area contributed by atoms with E-state index in [1.54, 1.807) is 13.2 Å². The number of anilines is 1. The molecular formula is C15H24N2O3. The van der Waals surface area contributed by atoms with Crippen molar-refractivity contribution in [2.24, 2.45) is 0 Å². The summed E-state index contributed by atoms with van der Waals surface area (Å²) in [5.74, 6) is 0.612. The highest BCUT2D eigenvalue weighted by Gasteiger charge is 2.24. The summed E-state index contributed by atoms with van der Waals surface area (Å²) in [5.41, 5.74) is 1.04. The first-order valence-corrected chi connectivity index (χ1v) is 6.78. The Balaban J connectivity index is 2.76. The Bertz CT molecular complexity index is 462. The zero-order valence-electron chi connectivity index (χ0n) is 12.6. The Hall–Kier alpha value is -1.75. The summed E-state index contributed by atoms with van der Waals surface area (Å²) in [6.45, 7) is 5.69. The molecule has 0 aliphatic carbocycles. The molecule has 0 radical (unpaired) electrons. The number of amides is 2. The lowest BCUT2D eigenvalue weighted by Crippen LogP contribution is -2.50. The second-order valence-electron chi connectivity index (χ2n) is 5.25. The molecule has 5 nitrogen and oxygen atoms in total. The SMILES string of the molecule is CCCC(C)(CO)NC(=O)Nc1ccc(C)cc1OC. The first-order valence-electron chi connectivity index (χ1n) is 6.78. The number of rotatable bonds is 6. The molecule has 0 aromatic heterocycles. The molecule has 1 aromatic rings. The smallest absolute Gasteiger partial charge is 0.319 e. The lowest BCUT2D eigenvalue weighted by Gasteiger charge is -2.28. The number of carbonyl (C=O) groups is 1. The van der Waals surface area contributed by atoms with Gasteiger partial charge in [0.2, 0.25) is 0 Å². The number of hydrogen-bond donors (Lipinski definition) is 3. The van der Waals surface area contributed by atoms with Gasteiger partial charge < -0.3 is 20.5 Å². The van der Waals surface area contributed by atoms with Crippen molar-refractivity contribution in [3.63, 3.8) is 0 Å². The molecule has 1 atom stereocenters. The summed E-state index contributed by atoms with van der Waals surface area (Å²) in [7, 11) is 1.56. The van der Waals surface area contributed by atoms with Gasteiger partial charge in [0.1, 0.15) is 5.75 Å². The van der Waals surface area contributed by atoms with Crippen LogP contribution in [0.5, 0.6) is 5.75 Å². The van der Waals surface area contributed by atoms with Crippen LogP contribution in [-0.4, -0.2) is 30.4 Å². The summed E-state index contributed by atoms with van der Waals surface area (Å²) < 4.78 is 5.24. The maximum atomic E-state index is 12.0. The first-order chi connectivity index (χ1) is 9.44. The van der Waals surface area contributed by atoms with Gasteiger partial charge >= 0.3 is 6.03 Å². The molecule has 0 aliphatic heterocycles. The minimum Gasteiger partial charge on any atom is -0.495 e. The van der Waals surface area contributed by atoms with Gasteiger partial charge in [-0.15, -0.1) is 0 Å². The van der Waals surface area contributed by atoms with Gasteiger partial charge in [-0.1, -0.05) is 19.4 Å². The molecule has 0 heterocycles. The molecule has 1 unspecified atom stereocenters. The van der Waals surface area contributed by atoms with Crippen LogP contribution in [0.2, 0.25) is 0 Å². The average molecular weight is 280 g/mol. The Kier molecular flexibility index (Phi) is 5.82. The molecule has 0 bridgehead atoms. The van der Waals surface area contributed by atoms with Crippen LogP contribution in [0, 0.1) is 6.92 Å². The third-order valence-corrected chi connectivity index (χ3v) is 3.17. The Morgan fingerprint density at radius 1 is 1.45 bits per heavy atom. The summed E-state index contributed by atoms with van der Waals surface area (Å²) in [4.78, 5) is 12.0. The van der Waals surface area contributed by atoms with E-state index in [9.17, 15) is 9.90 Å². The van der Waals surface area contributed by atoms with Crippen LogP contribution in [0.3, 0.4) is 0 Å². The van der Waals surface area contributed by atoms with Crippen LogP contribution in [0.1, 0.15) is 32.3 Å². The van der Waals surface area contributed by atoms with E-state index >= 15 is 0 Å². The Labute approximate surface area is 120 Å². The zero-order valence-corrected chi connectivity index (χ0v) is 12.6. The minimum absolute atomic E-state index is 0.0979. The number of ether oxygens (including phenoxy) is 1. The van der Waals surface area contributed by atoms with E-state index in [0.717, 1.165) is 12.0 Å². The molecular weight excluding hydrogens is 256 g/mol. The third-order valence-electron chi connectivity index (χ3n) is 3.17. The highest BCUT2D eigenvalue weighted by Crippen LogP contribution is 2.25. The number of carbonyl (C=O) groups excluding carboxylic acids is 1. The maximum Gasteiger partial charge on any atom is 0.319 e. The fourth-order valence-electron chi connectivity index (χ4n) is 2.06. The van der Waals surface area contributed by atoms with E-state index in [0.29, 0.717) is 17.9 Å². The van der Waals surface area contributed by atoms with E-state index in [2.05, 4.69) is 10.6 Å². The predicted octanol–water partition coefficient (Wildman–Crippen LogP) is 2.68. The van der Waals surface area contributed by atoms with E-state index in [-0.39, 0.29) is 12.6 Å². The van der Waals surface area contributed by atoms with E-state index < -0.39 is 5.54 Å². The topological polar surface area (TPSA) is 70.6 Å². The number of aryl methyl sites for hydroxylation is 1. The van der Waals surface area contributed by atoms with Crippen molar-refractivity contribution in [3.8, 4) is 5.75 Å². The molecule has 5 heteroatoms. The molecule has 0 aliphatic rings. The number of benzene rings is 1. The van der Waals surface area contributed by atoms with Crippen molar-refractivity contribution in [1.29, 1.82) is 0 Å². The zero-order chi connectivity index (χ0) is 15.2. The Morgan fingerprint density at radius 2 is 2.15 bits per heavy atom. The molecule has 20 heavy (non-hydrogen) atoms. The summed E-state index contributed by atoms with van der Waals surface area (Å²) >= 11 is 0. The van der Waals surface area contributed by atoms with Crippen LogP contribution in [0.25, 0.3) is 0 Å². The van der Waals surface area contributed by atoms with E-state index in [4.69, 9.17) is 4.74 Å². The maximum absolute atomic E-state index is 12.0. The summed E-state index contributed by atoms with van der Waals surface area (Å²) in [5, 5.41) is 15.0. The van der Waals surface area contributed by atoms with Crippen LogP contribution in [0.15, 0.2) is 18.2 Å². The fourth-order valence-corrected chi connectivity index (χ4v) is 2.06. The van der Waals surface area contributed by atoms with Gasteiger partial charge in [0, 0.05) is 0 Å². The van der Waals surface area contributed by atoms with Gasteiger partial charge in [-0.2, -0.15) is 0 Å². The van der Waals surface area contributed by atoms with Gasteiger partial charge in [-0.05, 0) is 38.0 Å². The molecule has 0 saturated heterocycles. The number of urea groups is 1. The van der Waals surface area contributed by atoms with Gasteiger partial charge in [0.05, 0.1) is 24.9 Å². The summed E-state index contributed by atoms with van der Waals surface area (Å²) in [6.07, 6.45) is 1.59. The Morgan fingerprint density at radius 3 is 2.70 bits per heavy atom. The average Bonchev–Trinajstić information content (AvgIpc) is 2.40. The molecule has 0 saturated carbocycles. The van der Waals surface area contributed by atoms with Crippen molar-refractivity contribution < 1.29 is 14.6 Å². The van der Waals surface area contributed by atoms with Crippen molar-refractivity contribution >= 4 is 11.7 Å². The molecule has 3 N–H and O–H groups in total. The van der Waals surface area contributed by atoms with Gasteiger partial charge in [-0.3, -0.25) is 0 Å². The van der Waals surface area contributed by atoms with Crippen LogP contribution >= 0.6 is 0 Å². The number of nitrogens with one attached hydrogen (secondary N) is 2. The van der Waals surface area contributed by atoms with Crippen molar-refractivity contribution in [2.75, 3.05) is 19.0 Å². The highest BCUT2D eigenvalue weighted by molar-refractivity contribution is 5.91. The normalized spacial score (nSPS) is 13.4. The van der Waals surface area contributed by atoms with E-state index in [1.807, 2.05) is 32.9 Å². The first kappa shape index (κ1) is 16.3. The second kappa shape index (κ2) is 7.14. The number of hydrogen-bond acceptors (Lipinski definition) is 3. The largest absolute Gasteiger partial charge is 0.495 e. The second-order valence-corrected chi connectivity index (χ2v) is 5.25. The van der Waals surface area contributed by atoms with Crippen molar-refractivity contribution in [3.05, 3.63) is 23.8 Å². The van der Waals surface area contributed by atoms with Crippen LogP contribution in [-0.2, 0) is 0 Å². The minimum atomic E-state index is -0.614. The lowest BCUT2D eigenvalue weighted by molar-refractivity contribution is 0.167. The van der Waals surface area contributed by atoms with Gasteiger partial charge in [0.15, 0.2) is 0 Å². The highest BCUT2D eigenvalue weighted by atomic mass is 16.5. The monoisotopic (exact) mass is 280 g/mol. The van der Waals surface area contributed by atoms with Crippen molar-refractivity contribution in [1.82, 2.24) is 5.32 Å². The number of aliphatic hydroxyl groups excluding tert-OH is 1. The van der Waals surface area contributed by atoms with Gasteiger partial charge in [-0.25, -0.2) is 4.79 Å². The lowest BCUT2D eigenvalue weighted by atomic mass is 9.98. The number of aliphatic hydroxyl groups is 1. The standard InChI is InChI=1S/C15H24N2O3/c1-5-8-15(3,10-18)17-14(19)16-12-7-6-11(2)9-13(12)20-4/h6-7,9,18H,5,8,10H2,1-4H3,(H2,16,17,19). The predicted molar refractivity (Wildman–Crippen MR) is 80.3 cm³/mol. The van der Waals surface area contributed by atoms with Crippen LogP contribution in [0.4, 0.5) is 10.5 Å². The van der Waals surface area contributed by atoms with Crippen molar-refractivity contribution in [2.45, 2.75) is 39.2 Å². The quantitative estimate of drug-likeness (QED) is 0.750. The molecule has 1 aromatic carbocycles. The molecule has 1 rings (SSSR count). The fraction of sp³-hybridized carbons (Fsp3) is 0.533. The third kappa shape index (κ3) is 4.42. The molecule has 0 spiro atoms. The summed E-state index contributed by atoms with van der Waals surface area (Å²) in [6, 6.07) is 5.20. The van der Waals surface area contributed by atoms with Gasteiger partial charge in [0.25, 0.3) is 0 Å². The van der Waals surface area contributed by atoms with E-state index in [1.165, 1.54) is 0 Å². The molecule has 112 valence electrons. The number of methoxy groups -OCH3 is 1.